The van der Waals surface area contributed by atoms with Crippen molar-refractivity contribution in [3.8, 4) is 0 Å². The normalized spacial score (nSPS) is 21.2. The highest BCUT2D eigenvalue weighted by molar-refractivity contribution is 6.31. The molecule has 1 aliphatic rings. The molecule has 0 aliphatic heterocycles. The second-order valence-electron chi connectivity index (χ2n) is 4.77. The van der Waals surface area contributed by atoms with Crippen molar-refractivity contribution in [2.24, 2.45) is 5.73 Å². The van der Waals surface area contributed by atoms with Gasteiger partial charge in [-0.1, -0.05) is 41.9 Å². The average molecular weight is 277 g/mol. The Kier molecular flexibility index (Phi) is 3.17. The molecule has 2 unspecified atom stereocenters. The smallest absolute Gasteiger partial charge is 0.164 e. The lowest BCUT2D eigenvalue weighted by molar-refractivity contribution is 0.614. The second-order valence-corrected chi connectivity index (χ2v) is 5.18. The van der Waals surface area contributed by atoms with Gasteiger partial charge >= 0.3 is 0 Å². The fourth-order valence-electron chi connectivity index (χ4n) is 2.61. The van der Waals surface area contributed by atoms with Gasteiger partial charge in [-0.05, 0) is 29.7 Å². The monoisotopic (exact) mass is 276 g/mol. The quantitative estimate of drug-likeness (QED) is 0.869. The molecule has 19 heavy (non-hydrogen) atoms. The number of hydrogen-bond acceptors (Lipinski definition) is 2. The fraction of sp³-hybridized carbons (Fsp3) is 0.200. The Hall–Kier alpha value is -1.58. The zero-order valence-electron chi connectivity index (χ0n) is 10.2. The molecule has 3 N–H and O–H groups in total. The lowest BCUT2D eigenvalue weighted by Crippen LogP contribution is -2.10. The van der Waals surface area contributed by atoms with E-state index < -0.39 is 5.82 Å². The van der Waals surface area contributed by atoms with Crippen molar-refractivity contribution < 1.29 is 4.39 Å². The van der Waals surface area contributed by atoms with Gasteiger partial charge in [-0.25, -0.2) is 4.39 Å². The van der Waals surface area contributed by atoms with Gasteiger partial charge in [0, 0.05) is 6.04 Å². The van der Waals surface area contributed by atoms with E-state index in [0.29, 0.717) is 5.69 Å². The van der Waals surface area contributed by atoms with E-state index in [1.165, 1.54) is 6.07 Å². The number of nitrogens with one attached hydrogen (secondary N) is 1. The minimum absolute atomic E-state index is 0.00375. The van der Waals surface area contributed by atoms with Crippen molar-refractivity contribution in [2.75, 3.05) is 5.32 Å². The summed E-state index contributed by atoms with van der Waals surface area (Å²) >= 11 is 5.79. The Morgan fingerprint density at radius 1 is 1.11 bits per heavy atom. The largest absolute Gasteiger partial charge is 0.376 e. The van der Waals surface area contributed by atoms with Crippen LogP contribution in [0.1, 0.15) is 29.6 Å². The van der Waals surface area contributed by atoms with Crippen LogP contribution in [0.2, 0.25) is 5.02 Å². The van der Waals surface area contributed by atoms with Gasteiger partial charge in [-0.3, -0.25) is 0 Å². The predicted octanol–water partition coefficient (Wildman–Crippen LogP) is 4.04. The molecule has 2 aromatic rings. The highest BCUT2D eigenvalue weighted by Crippen LogP contribution is 2.39. The van der Waals surface area contributed by atoms with Gasteiger partial charge in [0.15, 0.2) is 5.82 Å². The van der Waals surface area contributed by atoms with Gasteiger partial charge in [-0.15, -0.1) is 0 Å². The van der Waals surface area contributed by atoms with E-state index in [-0.39, 0.29) is 17.1 Å². The van der Waals surface area contributed by atoms with E-state index in [4.69, 9.17) is 17.3 Å². The summed E-state index contributed by atoms with van der Waals surface area (Å²) in [5.41, 5.74) is 8.78. The summed E-state index contributed by atoms with van der Waals surface area (Å²) in [7, 11) is 0. The van der Waals surface area contributed by atoms with Crippen LogP contribution >= 0.6 is 11.6 Å². The van der Waals surface area contributed by atoms with Gasteiger partial charge in [0.1, 0.15) is 0 Å². The molecule has 0 spiro atoms. The van der Waals surface area contributed by atoms with Crippen LogP contribution in [-0.4, -0.2) is 0 Å². The molecule has 1 aliphatic carbocycles. The first-order valence-electron chi connectivity index (χ1n) is 6.22. The number of hydrogen-bond donors (Lipinski definition) is 2. The highest BCUT2D eigenvalue weighted by Gasteiger charge is 2.28. The lowest BCUT2D eigenvalue weighted by Gasteiger charge is -2.16. The minimum Gasteiger partial charge on any atom is -0.376 e. The molecule has 0 radical (unpaired) electrons. The molecule has 0 fully saturated rings. The number of anilines is 1. The fourth-order valence-corrected chi connectivity index (χ4v) is 2.79. The first-order valence-corrected chi connectivity index (χ1v) is 6.59. The topological polar surface area (TPSA) is 38.0 Å². The maximum absolute atomic E-state index is 13.9. The van der Waals surface area contributed by atoms with Crippen LogP contribution in [0, 0.1) is 5.82 Å². The molecule has 0 saturated carbocycles. The molecule has 3 rings (SSSR count). The molecular weight excluding hydrogens is 263 g/mol. The number of halogens is 2. The molecule has 2 nitrogen and oxygen atoms in total. The molecule has 2 atom stereocenters. The SMILES string of the molecule is NC1CC(Nc2cccc(Cl)c2F)c2ccccc21. The van der Waals surface area contributed by atoms with Crippen molar-refractivity contribution in [3.63, 3.8) is 0 Å². The van der Waals surface area contributed by atoms with Crippen LogP contribution in [0.5, 0.6) is 0 Å². The van der Waals surface area contributed by atoms with Crippen molar-refractivity contribution in [2.45, 2.75) is 18.5 Å². The third-order valence-corrected chi connectivity index (χ3v) is 3.83. The molecule has 0 saturated heterocycles. The number of fused-ring (bicyclic) bond motifs is 1. The van der Waals surface area contributed by atoms with Gasteiger partial charge in [0.25, 0.3) is 0 Å². The summed E-state index contributed by atoms with van der Waals surface area (Å²) in [5, 5.41) is 3.32. The van der Waals surface area contributed by atoms with E-state index in [1.54, 1.807) is 12.1 Å². The van der Waals surface area contributed by atoms with E-state index in [1.807, 2.05) is 24.3 Å². The summed E-state index contributed by atoms with van der Waals surface area (Å²) < 4.78 is 13.9. The first-order chi connectivity index (χ1) is 9.16. The number of nitrogens with two attached hydrogens (primary N) is 1. The third-order valence-electron chi connectivity index (χ3n) is 3.54. The summed E-state index contributed by atoms with van der Waals surface area (Å²) in [6.07, 6.45) is 0.755. The average Bonchev–Trinajstić information content (AvgIpc) is 2.73. The maximum Gasteiger partial charge on any atom is 0.164 e. The molecule has 0 aromatic heterocycles. The minimum atomic E-state index is -0.415. The van der Waals surface area contributed by atoms with Crippen LogP contribution in [0.3, 0.4) is 0 Å². The molecule has 2 aromatic carbocycles. The summed E-state index contributed by atoms with van der Waals surface area (Å²) in [5.74, 6) is -0.415. The molecule has 0 heterocycles. The Balaban J connectivity index is 1.91. The zero-order chi connectivity index (χ0) is 13.4. The first kappa shape index (κ1) is 12.5. The summed E-state index contributed by atoms with van der Waals surface area (Å²) in [4.78, 5) is 0. The van der Waals surface area contributed by atoms with Gasteiger partial charge in [0.05, 0.1) is 16.8 Å². The van der Waals surface area contributed by atoms with E-state index >= 15 is 0 Å². The molecule has 4 heteroatoms. The molecule has 98 valence electrons. The Bertz CT molecular complexity index is 615. The van der Waals surface area contributed by atoms with Crippen LogP contribution in [0.4, 0.5) is 10.1 Å². The van der Waals surface area contributed by atoms with Gasteiger partial charge < -0.3 is 11.1 Å². The van der Waals surface area contributed by atoms with Crippen molar-refractivity contribution in [3.05, 3.63) is 64.4 Å². The number of rotatable bonds is 2. The van der Waals surface area contributed by atoms with Crippen LogP contribution < -0.4 is 11.1 Å². The van der Waals surface area contributed by atoms with Crippen molar-refractivity contribution in [1.82, 2.24) is 0 Å². The van der Waals surface area contributed by atoms with Crippen LogP contribution in [0.15, 0.2) is 42.5 Å². The zero-order valence-corrected chi connectivity index (χ0v) is 11.0. The van der Waals surface area contributed by atoms with Gasteiger partial charge in [-0.2, -0.15) is 0 Å². The van der Waals surface area contributed by atoms with Crippen molar-refractivity contribution in [1.29, 1.82) is 0 Å². The third kappa shape index (κ3) is 2.20. The second kappa shape index (κ2) is 4.83. The molecule has 0 bridgehead atoms. The molecule has 0 amide bonds. The Labute approximate surface area is 116 Å². The summed E-state index contributed by atoms with van der Waals surface area (Å²) in [6, 6.07) is 13.0. The standard InChI is InChI=1S/C15H14ClFN2/c16-11-6-3-7-13(15(11)17)19-14-8-12(18)9-4-1-2-5-10(9)14/h1-7,12,14,19H,8,18H2. The van der Waals surface area contributed by atoms with Gasteiger partial charge in [0.2, 0.25) is 0 Å². The number of benzene rings is 2. The predicted molar refractivity (Wildman–Crippen MR) is 75.8 cm³/mol. The Morgan fingerprint density at radius 3 is 2.63 bits per heavy atom. The van der Waals surface area contributed by atoms with Crippen molar-refractivity contribution >= 4 is 17.3 Å². The van der Waals surface area contributed by atoms with E-state index in [2.05, 4.69) is 5.32 Å². The highest BCUT2D eigenvalue weighted by atomic mass is 35.5. The van der Waals surface area contributed by atoms with E-state index in [0.717, 1.165) is 17.5 Å². The van der Waals surface area contributed by atoms with Crippen LogP contribution in [0.25, 0.3) is 0 Å². The summed E-state index contributed by atoms with van der Waals surface area (Å²) in [6.45, 7) is 0. The molecular formula is C15H14ClFN2. The Morgan fingerprint density at radius 2 is 1.84 bits per heavy atom. The maximum atomic E-state index is 13.9. The van der Waals surface area contributed by atoms with E-state index in [9.17, 15) is 4.39 Å². The van der Waals surface area contributed by atoms with Crippen LogP contribution in [-0.2, 0) is 0 Å². The lowest BCUT2D eigenvalue weighted by atomic mass is 10.1.